The Morgan fingerprint density at radius 3 is 2.50 bits per heavy atom. The van der Waals surface area contributed by atoms with Crippen molar-refractivity contribution < 1.29 is 9.90 Å². The van der Waals surface area contributed by atoms with Gasteiger partial charge in [-0.2, -0.15) is 0 Å². The minimum absolute atomic E-state index is 0.318. The Bertz CT molecular complexity index is 332. The van der Waals surface area contributed by atoms with Gasteiger partial charge in [0.1, 0.15) is 0 Å². The van der Waals surface area contributed by atoms with Gasteiger partial charge in [-0.1, -0.05) is 6.07 Å². The molecular weight excluding hydrogens is 220 g/mol. The lowest BCUT2D eigenvalue weighted by Gasteiger charge is -2.05. The standard InChI is InChI=1S/C9H9BrO2/c1-5-3-4-7(9(11)12)8(10)6(5)2/h3-4H,1-2H3,(H,11,12). The van der Waals surface area contributed by atoms with E-state index in [1.165, 1.54) is 0 Å². The second-order valence-electron chi connectivity index (χ2n) is 2.67. The summed E-state index contributed by atoms with van der Waals surface area (Å²) in [5.41, 5.74) is 2.39. The van der Waals surface area contributed by atoms with Crippen LogP contribution in [0, 0.1) is 13.8 Å². The molecule has 1 rings (SSSR count). The molecule has 0 aromatic heterocycles. The molecule has 64 valence electrons. The molecule has 0 saturated carbocycles. The molecule has 3 heteroatoms. The third kappa shape index (κ3) is 1.50. The lowest BCUT2D eigenvalue weighted by molar-refractivity contribution is 0.0696. The number of carboxylic acids is 1. The maximum Gasteiger partial charge on any atom is 0.336 e. The Kier molecular flexibility index (Phi) is 2.52. The third-order valence-corrected chi connectivity index (χ3v) is 2.91. The van der Waals surface area contributed by atoms with E-state index < -0.39 is 5.97 Å². The summed E-state index contributed by atoms with van der Waals surface area (Å²) in [6.07, 6.45) is 0. The lowest BCUT2D eigenvalue weighted by Crippen LogP contribution is -1.99. The van der Waals surface area contributed by atoms with Crippen molar-refractivity contribution in [2.24, 2.45) is 0 Å². The summed E-state index contributed by atoms with van der Waals surface area (Å²) in [7, 11) is 0. The van der Waals surface area contributed by atoms with Gasteiger partial charge in [0.15, 0.2) is 0 Å². The fourth-order valence-corrected chi connectivity index (χ4v) is 1.56. The van der Waals surface area contributed by atoms with Crippen molar-refractivity contribution in [1.82, 2.24) is 0 Å². The zero-order valence-corrected chi connectivity index (χ0v) is 8.47. The molecule has 0 aliphatic heterocycles. The predicted molar refractivity (Wildman–Crippen MR) is 50.6 cm³/mol. The summed E-state index contributed by atoms with van der Waals surface area (Å²) in [6.45, 7) is 3.84. The van der Waals surface area contributed by atoms with E-state index in [0.717, 1.165) is 11.1 Å². The van der Waals surface area contributed by atoms with Gasteiger partial charge in [0.05, 0.1) is 5.56 Å². The number of rotatable bonds is 1. The van der Waals surface area contributed by atoms with Crippen molar-refractivity contribution in [2.45, 2.75) is 13.8 Å². The number of aromatic carboxylic acids is 1. The highest BCUT2D eigenvalue weighted by molar-refractivity contribution is 9.10. The molecule has 1 N–H and O–H groups in total. The van der Waals surface area contributed by atoms with Crippen LogP contribution in [-0.2, 0) is 0 Å². The second kappa shape index (κ2) is 3.27. The maximum absolute atomic E-state index is 10.7. The normalized spacial score (nSPS) is 9.92. The first-order valence-electron chi connectivity index (χ1n) is 3.53. The SMILES string of the molecule is Cc1ccc(C(=O)O)c(Br)c1C. The number of benzene rings is 1. The number of hydrogen-bond acceptors (Lipinski definition) is 1. The van der Waals surface area contributed by atoms with Crippen molar-refractivity contribution in [3.8, 4) is 0 Å². The molecule has 1 aromatic rings. The van der Waals surface area contributed by atoms with Gasteiger partial charge in [0.2, 0.25) is 0 Å². The number of aryl methyl sites for hydroxylation is 1. The monoisotopic (exact) mass is 228 g/mol. The molecule has 0 radical (unpaired) electrons. The molecule has 0 amide bonds. The predicted octanol–water partition coefficient (Wildman–Crippen LogP) is 2.76. The molecule has 2 nitrogen and oxygen atoms in total. The molecule has 0 aliphatic carbocycles. The summed E-state index contributed by atoms with van der Waals surface area (Å²) < 4.78 is 0.676. The zero-order chi connectivity index (χ0) is 9.30. The number of carboxylic acid groups (broad SMARTS) is 1. The Morgan fingerprint density at radius 1 is 1.42 bits per heavy atom. The molecule has 0 bridgehead atoms. The molecule has 0 unspecified atom stereocenters. The first-order valence-corrected chi connectivity index (χ1v) is 4.32. The number of carbonyl (C=O) groups is 1. The van der Waals surface area contributed by atoms with Gasteiger partial charge < -0.3 is 5.11 Å². The molecular formula is C9H9BrO2. The van der Waals surface area contributed by atoms with Gasteiger partial charge in [-0.05, 0) is 47.0 Å². The van der Waals surface area contributed by atoms with Crippen molar-refractivity contribution in [3.05, 3.63) is 33.3 Å². The number of hydrogen-bond donors (Lipinski definition) is 1. The quantitative estimate of drug-likeness (QED) is 0.803. The highest BCUT2D eigenvalue weighted by atomic mass is 79.9. The van der Waals surface area contributed by atoms with Crippen LogP contribution in [0.25, 0.3) is 0 Å². The first-order chi connectivity index (χ1) is 5.54. The van der Waals surface area contributed by atoms with Gasteiger partial charge in [0, 0.05) is 4.47 Å². The fraction of sp³-hybridized carbons (Fsp3) is 0.222. The van der Waals surface area contributed by atoms with E-state index in [-0.39, 0.29) is 0 Å². The lowest BCUT2D eigenvalue weighted by atomic mass is 10.1. The molecule has 0 atom stereocenters. The largest absolute Gasteiger partial charge is 0.478 e. The van der Waals surface area contributed by atoms with E-state index in [2.05, 4.69) is 15.9 Å². The highest BCUT2D eigenvalue weighted by Crippen LogP contribution is 2.23. The average Bonchev–Trinajstić information content (AvgIpc) is 2.00. The first kappa shape index (κ1) is 9.26. The minimum atomic E-state index is -0.898. The molecule has 0 aliphatic rings. The van der Waals surface area contributed by atoms with Crippen LogP contribution in [0.15, 0.2) is 16.6 Å². The average molecular weight is 229 g/mol. The van der Waals surface area contributed by atoms with Crippen molar-refractivity contribution in [3.63, 3.8) is 0 Å². The Balaban J connectivity index is 3.36. The second-order valence-corrected chi connectivity index (χ2v) is 3.47. The van der Waals surface area contributed by atoms with E-state index in [1.807, 2.05) is 19.9 Å². The number of halogens is 1. The molecule has 0 saturated heterocycles. The van der Waals surface area contributed by atoms with Crippen molar-refractivity contribution >= 4 is 21.9 Å². The Morgan fingerprint density at radius 2 is 2.00 bits per heavy atom. The van der Waals surface area contributed by atoms with E-state index >= 15 is 0 Å². The van der Waals surface area contributed by atoms with E-state index in [1.54, 1.807) is 6.07 Å². The minimum Gasteiger partial charge on any atom is -0.478 e. The van der Waals surface area contributed by atoms with Crippen LogP contribution in [0.4, 0.5) is 0 Å². The van der Waals surface area contributed by atoms with Crippen LogP contribution < -0.4 is 0 Å². The summed E-state index contributed by atoms with van der Waals surface area (Å²) in [5.74, 6) is -0.898. The molecule has 1 aromatic carbocycles. The summed E-state index contributed by atoms with van der Waals surface area (Å²) in [4.78, 5) is 10.7. The zero-order valence-electron chi connectivity index (χ0n) is 6.89. The van der Waals surface area contributed by atoms with Gasteiger partial charge in [0.25, 0.3) is 0 Å². The molecule has 0 heterocycles. The van der Waals surface area contributed by atoms with Crippen LogP contribution in [0.5, 0.6) is 0 Å². The summed E-state index contributed by atoms with van der Waals surface area (Å²) in [5, 5.41) is 8.75. The third-order valence-electron chi connectivity index (χ3n) is 1.89. The Labute approximate surface area is 79.3 Å². The fourth-order valence-electron chi connectivity index (χ4n) is 0.947. The van der Waals surface area contributed by atoms with Crippen LogP contribution in [0.1, 0.15) is 21.5 Å². The smallest absolute Gasteiger partial charge is 0.336 e. The van der Waals surface area contributed by atoms with Gasteiger partial charge in [-0.3, -0.25) is 0 Å². The molecule has 12 heavy (non-hydrogen) atoms. The van der Waals surface area contributed by atoms with Crippen LogP contribution in [0.3, 0.4) is 0 Å². The van der Waals surface area contributed by atoms with Gasteiger partial charge >= 0.3 is 5.97 Å². The van der Waals surface area contributed by atoms with Crippen LogP contribution >= 0.6 is 15.9 Å². The maximum atomic E-state index is 10.7. The van der Waals surface area contributed by atoms with Gasteiger partial charge in [-0.25, -0.2) is 4.79 Å². The summed E-state index contributed by atoms with van der Waals surface area (Å²) >= 11 is 3.25. The highest BCUT2D eigenvalue weighted by Gasteiger charge is 2.10. The van der Waals surface area contributed by atoms with Crippen molar-refractivity contribution in [1.29, 1.82) is 0 Å². The Hall–Kier alpha value is -0.830. The van der Waals surface area contributed by atoms with E-state index in [9.17, 15) is 4.79 Å². The van der Waals surface area contributed by atoms with E-state index in [4.69, 9.17) is 5.11 Å². The van der Waals surface area contributed by atoms with Crippen LogP contribution in [-0.4, -0.2) is 11.1 Å². The van der Waals surface area contributed by atoms with Crippen molar-refractivity contribution in [2.75, 3.05) is 0 Å². The van der Waals surface area contributed by atoms with Crippen LogP contribution in [0.2, 0.25) is 0 Å². The molecule has 0 fully saturated rings. The van der Waals surface area contributed by atoms with E-state index in [0.29, 0.717) is 10.0 Å². The van der Waals surface area contributed by atoms with Gasteiger partial charge in [-0.15, -0.1) is 0 Å². The topological polar surface area (TPSA) is 37.3 Å². The summed E-state index contributed by atoms with van der Waals surface area (Å²) in [6, 6.07) is 3.41. The molecule has 0 spiro atoms.